The van der Waals surface area contributed by atoms with E-state index in [1.807, 2.05) is 24.3 Å². The number of halogens is 4. The molecule has 34 heavy (non-hydrogen) atoms. The molecule has 1 aliphatic heterocycles. The molecule has 1 N–H and O–H groups in total. The number of amidine groups is 1. The normalized spacial score (nSPS) is 16.3. The molecule has 0 unspecified atom stereocenters. The Balaban J connectivity index is 1.60. The number of unbranched alkanes of at least 4 members (excludes halogenated alkanes) is 5. The summed E-state index contributed by atoms with van der Waals surface area (Å²) in [6.45, 7) is 2.86. The van der Waals surface area contributed by atoms with Crippen LogP contribution in [0.2, 0.25) is 5.02 Å². The van der Waals surface area contributed by atoms with Crippen molar-refractivity contribution in [2.75, 3.05) is 6.61 Å². The van der Waals surface area contributed by atoms with Gasteiger partial charge >= 0.3 is 6.18 Å². The molecule has 0 atom stereocenters. The highest BCUT2D eigenvalue weighted by Crippen LogP contribution is 2.39. The lowest BCUT2D eigenvalue weighted by molar-refractivity contribution is -0.137. The van der Waals surface area contributed by atoms with Gasteiger partial charge in [-0.05, 0) is 60.2 Å². The summed E-state index contributed by atoms with van der Waals surface area (Å²) in [6, 6.07) is 10.6. The molecule has 0 spiro atoms. The number of hydrogen-bond donors (Lipinski definition) is 1. The molecule has 1 amide bonds. The van der Waals surface area contributed by atoms with E-state index in [4.69, 9.17) is 16.3 Å². The van der Waals surface area contributed by atoms with Gasteiger partial charge in [0, 0.05) is 5.02 Å². The molecule has 182 valence electrons. The van der Waals surface area contributed by atoms with Crippen LogP contribution in [0.25, 0.3) is 6.08 Å². The van der Waals surface area contributed by atoms with Gasteiger partial charge in [0.05, 0.1) is 22.8 Å². The maximum atomic E-state index is 13.3. The summed E-state index contributed by atoms with van der Waals surface area (Å²) in [4.78, 5) is 16.6. The van der Waals surface area contributed by atoms with Crippen LogP contribution in [-0.2, 0) is 11.0 Å². The molecule has 4 nitrogen and oxygen atoms in total. The quantitative estimate of drug-likeness (QED) is 0.260. The van der Waals surface area contributed by atoms with E-state index in [1.165, 1.54) is 37.8 Å². The standard InChI is InChI=1S/C25H26ClF3N2O2S/c1-2-3-4-5-6-7-14-33-19-11-8-17(9-12-19)15-22-23(32)31-24(34-22)30-21-13-10-18(26)16-20(21)25(27,28)29/h8-13,15-16H,2-7,14H2,1H3,(H,30,31,32)/b22-15-. The molecule has 0 aliphatic carbocycles. The van der Waals surface area contributed by atoms with E-state index in [-0.39, 0.29) is 15.9 Å². The average Bonchev–Trinajstić information content (AvgIpc) is 3.13. The molecule has 9 heteroatoms. The molecule has 0 saturated carbocycles. The van der Waals surface area contributed by atoms with E-state index in [0.717, 1.165) is 42.0 Å². The number of nitrogens with zero attached hydrogens (tertiary/aromatic N) is 1. The highest BCUT2D eigenvalue weighted by atomic mass is 35.5. The first kappa shape index (κ1) is 26.2. The Bertz CT molecular complexity index is 1050. The minimum Gasteiger partial charge on any atom is -0.494 e. The Morgan fingerprint density at radius 1 is 1.06 bits per heavy atom. The van der Waals surface area contributed by atoms with Crippen molar-refractivity contribution in [2.45, 2.75) is 51.6 Å². The van der Waals surface area contributed by atoms with Gasteiger partial charge in [-0.2, -0.15) is 13.2 Å². The molecule has 2 aromatic rings. The smallest absolute Gasteiger partial charge is 0.418 e. The molecule has 1 heterocycles. The summed E-state index contributed by atoms with van der Waals surface area (Å²) in [5, 5.41) is 2.54. The number of rotatable bonds is 10. The third kappa shape index (κ3) is 7.81. The predicted octanol–water partition coefficient (Wildman–Crippen LogP) is 7.99. The van der Waals surface area contributed by atoms with Crippen molar-refractivity contribution in [1.29, 1.82) is 0 Å². The van der Waals surface area contributed by atoms with Gasteiger partial charge in [-0.1, -0.05) is 62.8 Å². The highest BCUT2D eigenvalue weighted by Gasteiger charge is 2.34. The Kier molecular flexibility index (Phi) is 9.47. The van der Waals surface area contributed by atoms with Crippen molar-refractivity contribution in [3.05, 3.63) is 63.5 Å². The maximum Gasteiger partial charge on any atom is 0.418 e. The fraction of sp³-hybridized carbons (Fsp3) is 0.360. The zero-order chi connectivity index (χ0) is 24.6. The first-order valence-corrected chi connectivity index (χ1v) is 12.3. The van der Waals surface area contributed by atoms with E-state index < -0.39 is 17.6 Å². The minimum absolute atomic E-state index is 0.0422. The number of benzene rings is 2. The molecule has 3 rings (SSSR count). The lowest BCUT2D eigenvalue weighted by Gasteiger charge is -2.10. The van der Waals surface area contributed by atoms with Crippen LogP contribution < -0.4 is 10.1 Å². The molecule has 1 aliphatic rings. The van der Waals surface area contributed by atoms with Crippen molar-refractivity contribution >= 4 is 46.2 Å². The van der Waals surface area contributed by atoms with Crippen LogP contribution in [0.4, 0.5) is 18.9 Å². The first-order valence-electron chi connectivity index (χ1n) is 11.2. The number of hydrogen-bond acceptors (Lipinski definition) is 4. The van der Waals surface area contributed by atoms with Crippen molar-refractivity contribution in [1.82, 2.24) is 5.32 Å². The molecular formula is C25H26ClF3N2O2S. The van der Waals surface area contributed by atoms with Gasteiger partial charge in [-0.15, -0.1) is 0 Å². The highest BCUT2D eigenvalue weighted by molar-refractivity contribution is 8.18. The van der Waals surface area contributed by atoms with Gasteiger partial charge in [0.15, 0.2) is 5.17 Å². The molecule has 1 saturated heterocycles. The molecular weight excluding hydrogens is 485 g/mol. The van der Waals surface area contributed by atoms with Crippen molar-refractivity contribution < 1.29 is 22.7 Å². The molecule has 0 radical (unpaired) electrons. The van der Waals surface area contributed by atoms with Gasteiger partial charge in [0.2, 0.25) is 0 Å². The molecule has 2 aromatic carbocycles. The minimum atomic E-state index is -4.62. The van der Waals surface area contributed by atoms with Gasteiger partial charge in [0.1, 0.15) is 5.75 Å². The maximum absolute atomic E-state index is 13.3. The predicted molar refractivity (Wildman–Crippen MR) is 133 cm³/mol. The number of thioether (sulfide) groups is 1. The summed E-state index contributed by atoms with van der Waals surface area (Å²) in [5.74, 6) is 0.332. The van der Waals surface area contributed by atoms with Crippen molar-refractivity contribution in [3.8, 4) is 5.75 Å². The van der Waals surface area contributed by atoms with Crippen LogP contribution in [0.5, 0.6) is 5.75 Å². The van der Waals surface area contributed by atoms with Crippen molar-refractivity contribution in [2.24, 2.45) is 4.99 Å². The van der Waals surface area contributed by atoms with E-state index in [2.05, 4.69) is 17.2 Å². The number of carbonyl (C=O) groups is 1. The third-order valence-corrected chi connectivity index (χ3v) is 6.23. The van der Waals surface area contributed by atoms with Crippen molar-refractivity contribution in [3.63, 3.8) is 0 Å². The van der Waals surface area contributed by atoms with Crippen LogP contribution in [0.1, 0.15) is 56.6 Å². The SMILES string of the molecule is CCCCCCCCOc1ccc(/C=C2\SC(=Nc3ccc(Cl)cc3C(F)(F)F)NC2=O)cc1. The van der Waals surface area contributed by atoms with E-state index in [0.29, 0.717) is 11.5 Å². The monoisotopic (exact) mass is 510 g/mol. The largest absolute Gasteiger partial charge is 0.494 e. The molecule has 0 bridgehead atoms. The number of ether oxygens (including phenoxy) is 1. The molecule has 0 aromatic heterocycles. The Morgan fingerprint density at radius 3 is 2.47 bits per heavy atom. The van der Waals surface area contributed by atoms with Gasteiger partial charge < -0.3 is 10.1 Å². The van der Waals surface area contributed by atoms with Gasteiger partial charge in [0.25, 0.3) is 5.91 Å². The van der Waals surface area contributed by atoms with Crippen LogP contribution >= 0.6 is 23.4 Å². The van der Waals surface area contributed by atoms with Crippen LogP contribution in [-0.4, -0.2) is 17.7 Å². The summed E-state index contributed by atoms with van der Waals surface area (Å²) in [6.07, 6.45) is 4.21. The van der Waals surface area contributed by atoms with E-state index in [9.17, 15) is 18.0 Å². The van der Waals surface area contributed by atoms with Crippen LogP contribution in [0, 0.1) is 0 Å². The fourth-order valence-corrected chi connectivity index (χ4v) is 4.31. The molecule has 1 fully saturated rings. The van der Waals surface area contributed by atoms with Gasteiger partial charge in [-0.25, -0.2) is 4.99 Å². The van der Waals surface area contributed by atoms with E-state index in [1.54, 1.807) is 6.08 Å². The van der Waals surface area contributed by atoms with Gasteiger partial charge in [-0.3, -0.25) is 4.79 Å². The Labute approximate surface area is 206 Å². The number of amides is 1. The topological polar surface area (TPSA) is 50.7 Å². The summed E-state index contributed by atoms with van der Waals surface area (Å²) < 4.78 is 45.6. The Morgan fingerprint density at radius 2 is 1.76 bits per heavy atom. The zero-order valence-corrected chi connectivity index (χ0v) is 20.3. The van der Waals surface area contributed by atoms with Crippen LogP contribution in [0.3, 0.4) is 0 Å². The number of aliphatic imine (C=N–C) groups is 1. The number of alkyl halides is 3. The zero-order valence-electron chi connectivity index (χ0n) is 18.8. The van der Waals surface area contributed by atoms with Crippen LogP contribution in [0.15, 0.2) is 52.4 Å². The lowest BCUT2D eigenvalue weighted by atomic mass is 10.1. The second kappa shape index (κ2) is 12.3. The lowest BCUT2D eigenvalue weighted by Crippen LogP contribution is -2.19. The summed E-state index contributed by atoms with van der Waals surface area (Å²) >= 11 is 6.68. The summed E-state index contributed by atoms with van der Waals surface area (Å²) in [5.41, 5.74) is -0.502. The Hall–Kier alpha value is -2.45. The second-order valence-electron chi connectivity index (χ2n) is 7.83. The van der Waals surface area contributed by atoms with E-state index >= 15 is 0 Å². The third-order valence-electron chi connectivity index (χ3n) is 5.08. The average molecular weight is 511 g/mol. The fourth-order valence-electron chi connectivity index (χ4n) is 3.31. The second-order valence-corrected chi connectivity index (χ2v) is 9.29. The number of carbonyl (C=O) groups excluding carboxylic acids is 1. The first-order chi connectivity index (χ1) is 16.3. The number of nitrogens with one attached hydrogen (secondary N) is 1. The summed E-state index contributed by atoms with van der Waals surface area (Å²) in [7, 11) is 0.